The lowest BCUT2D eigenvalue weighted by Gasteiger charge is -2.32. The van der Waals surface area contributed by atoms with Crippen LogP contribution in [0.25, 0.3) is 0 Å². The van der Waals surface area contributed by atoms with Crippen molar-refractivity contribution in [2.45, 2.75) is 38.9 Å². The fraction of sp³-hybridized carbons (Fsp3) is 0.462. The Labute approximate surface area is 112 Å². The molecule has 5 nitrogen and oxygen atoms in total. The molecule has 0 amide bonds. The van der Waals surface area contributed by atoms with E-state index in [1.807, 2.05) is 27.7 Å². The molecule has 1 heterocycles. The maximum atomic E-state index is 11.0. The zero-order chi connectivity index (χ0) is 14.4. The van der Waals surface area contributed by atoms with E-state index in [-0.39, 0.29) is 11.3 Å². The van der Waals surface area contributed by atoms with Gasteiger partial charge in [0.25, 0.3) is 0 Å². The third-order valence-electron chi connectivity index (χ3n) is 3.78. The minimum atomic E-state index is -1.06. The van der Waals surface area contributed by atoms with Crippen LogP contribution in [0.5, 0.6) is 5.75 Å². The normalized spacial score (nSPS) is 20.5. The Morgan fingerprint density at radius 3 is 2.16 bits per heavy atom. The number of carboxylic acids is 1. The second-order valence-electron chi connectivity index (χ2n) is 5.67. The number of phenolic OH excluding ortho intramolecular Hbond substituents is 1. The van der Waals surface area contributed by atoms with Crippen LogP contribution in [0.4, 0.5) is 0 Å². The molecule has 0 saturated carbocycles. The van der Waals surface area contributed by atoms with Crippen molar-refractivity contribution in [1.29, 1.82) is 0 Å². The van der Waals surface area contributed by atoms with E-state index in [1.165, 1.54) is 18.2 Å². The number of hydrogen-bond acceptors (Lipinski definition) is 4. The monoisotopic (exact) mass is 264 g/mol. The summed E-state index contributed by atoms with van der Waals surface area (Å²) in [7, 11) is -0.774. The summed E-state index contributed by atoms with van der Waals surface area (Å²) in [5, 5.41) is 18.8. The molecule has 0 aliphatic carbocycles. The second-order valence-corrected chi connectivity index (χ2v) is 5.67. The highest BCUT2D eigenvalue weighted by Gasteiger charge is 2.52. The van der Waals surface area contributed by atoms with E-state index in [2.05, 4.69) is 0 Å². The molecule has 2 rings (SSSR count). The van der Waals surface area contributed by atoms with Crippen molar-refractivity contribution in [2.24, 2.45) is 0 Å². The first kappa shape index (κ1) is 13.9. The smallest absolute Gasteiger partial charge is 0.498 e. The van der Waals surface area contributed by atoms with Gasteiger partial charge in [-0.25, -0.2) is 4.79 Å². The lowest BCUT2D eigenvalue weighted by molar-refractivity contribution is 0.00578. The molecule has 102 valence electrons. The van der Waals surface area contributed by atoms with Gasteiger partial charge in [0, 0.05) is 5.46 Å². The standard InChI is InChI=1S/C13H17BO5/c1-12(2)13(3,4)19-14(18-12)9-7-8(11(16)17)5-6-10(9)15/h5-7,15H,1-4H3,(H,16,17). The fourth-order valence-corrected chi connectivity index (χ4v) is 1.85. The second kappa shape index (κ2) is 4.25. The molecule has 1 aromatic carbocycles. The van der Waals surface area contributed by atoms with Crippen LogP contribution in [0.2, 0.25) is 0 Å². The summed E-state index contributed by atoms with van der Waals surface area (Å²) in [6.07, 6.45) is 0. The lowest BCUT2D eigenvalue weighted by Crippen LogP contribution is -2.41. The van der Waals surface area contributed by atoms with E-state index in [0.29, 0.717) is 5.46 Å². The van der Waals surface area contributed by atoms with E-state index < -0.39 is 24.3 Å². The summed E-state index contributed by atoms with van der Waals surface area (Å²) in [6, 6.07) is 4.05. The highest BCUT2D eigenvalue weighted by Crippen LogP contribution is 2.37. The van der Waals surface area contributed by atoms with Crippen LogP contribution >= 0.6 is 0 Å². The van der Waals surface area contributed by atoms with Crippen LogP contribution in [0.1, 0.15) is 38.1 Å². The number of hydrogen-bond donors (Lipinski definition) is 2. The van der Waals surface area contributed by atoms with Crippen LogP contribution in [0.3, 0.4) is 0 Å². The number of carbonyl (C=O) groups is 1. The van der Waals surface area contributed by atoms with Gasteiger partial charge in [-0.05, 0) is 45.9 Å². The van der Waals surface area contributed by atoms with Crippen molar-refractivity contribution in [1.82, 2.24) is 0 Å². The van der Waals surface area contributed by atoms with Gasteiger partial charge in [-0.15, -0.1) is 0 Å². The minimum absolute atomic E-state index is 0.0384. The molecule has 0 unspecified atom stereocenters. The van der Waals surface area contributed by atoms with Crippen LogP contribution in [0.15, 0.2) is 18.2 Å². The van der Waals surface area contributed by atoms with Crippen LogP contribution in [-0.2, 0) is 9.31 Å². The summed E-state index contributed by atoms with van der Waals surface area (Å²) in [6.45, 7) is 7.58. The van der Waals surface area contributed by atoms with E-state index in [4.69, 9.17) is 14.4 Å². The molecule has 1 saturated heterocycles. The molecule has 0 bridgehead atoms. The number of phenols is 1. The van der Waals surface area contributed by atoms with Gasteiger partial charge in [-0.1, -0.05) is 0 Å². The van der Waals surface area contributed by atoms with Gasteiger partial charge in [0.2, 0.25) is 0 Å². The number of carboxylic acid groups (broad SMARTS) is 1. The number of aromatic hydroxyl groups is 1. The van der Waals surface area contributed by atoms with E-state index >= 15 is 0 Å². The summed E-state index contributed by atoms with van der Waals surface area (Å²) >= 11 is 0. The molecule has 0 atom stereocenters. The molecule has 1 aliphatic rings. The quantitative estimate of drug-likeness (QED) is 0.789. The molecule has 0 spiro atoms. The molecular weight excluding hydrogens is 247 g/mol. The highest BCUT2D eigenvalue weighted by molar-refractivity contribution is 6.63. The Morgan fingerprint density at radius 1 is 1.16 bits per heavy atom. The molecule has 0 aromatic heterocycles. The Kier molecular flexibility index (Phi) is 3.11. The first-order valence-electron chi connectivity index (χ1n) is 6.06. The average molecular weight is 264 g/mol. The van der Waals surface area contributed by atoms with Gasteiger partial charge in [-0.2, -0.15) is 0 Å². The first-order chi connectivity index (χ1) is 8.64. The van der Waals surface area contributed by atoms with Crippen molar-refractivity contribution >= 4 is 18.6 Å². The predicted octanol–water partition coefficient (Wildman–Crippen LogP) is 1.39. The highest BCUT2D eigenvalue weighted by atomic mass is 16.7. The Hall–Kier alpha value is -1.53. The molecule has 1 aromatic rings. The van der Waals surface area contributed by atoms with Gasteiger partial charge in [0.15, 0.2) is 0 Å². The SMILES string of the molecule is CC1(C)OB(c2cc(C(=O)O)ccc2O)OC1(C)C. The van der Waals surface area contributed by atoms with Crippen molar-refractivity contribution in [2.75, 3.05) is 0 Å². The number of rotatable bonds is 2. The topological polar surface area (TPSA) is 76.0 Å². The molecule has 19 heavy (non-hydrogen) atoms. The fourth-order valence-electron chi connectivity index (χ4n) is 1.85. The van der Waals surface area contributed by atoms with Crippen LogP contribution in [0, 0.1) is 0 Å². The van der Waals surface area contributed by atoms with Gasteiger partial charge in [-0.3, -0.25) is 0 Å². The summed E-state index contributed by atoms with van der Waals surface area (Å²) in [5.41, 5.74) is -0.659. The third-order valence-corrected chi connectivity index (χ3v) is 3.78. The zero-order valence-electron chi connectivity index (χ0n) is 11.4. The van der Waals surface area contributed by atoms with Crippen molar-refractivity contribution in [3.05, 3.63) is 23.8 Å². The molecule has 1 fully saturated rings. The predicted molar refractivity (Wildman–Crippen MR) is 70.8 cm³/mol. The van der Waals surface area contributed by atoms with E-state index in [1.54, 1.807) is 0 Å². The molecule has 2 N–H and O–H groups in total. The summed E-state index contributed by atoms with van der Waals surface area (Å²) in [4.78, 5) is 11.0. The van der Waals surface area contributed by atoms with Crippen LogP contribution in [-0.4, -0.2) is 34.5 Å². The minimum Gasteiger partial charge on any atom is -0.508 e. The van der Waals surface area contributed by atoms with Crippen molar-refractivity contribution in [3.8, 4) is 5.75 Å². The van der Waals surface area contributed by atoms with Crippen molar-refractivity contribution < 1.29 is 24.3 Å². The zero-order valence-corrected chi connectivity index (χ0v) is 11.4. The van der Waals surface area contributed by atoms with Gasteiger partial charge in [0.1, 0.15) is 5.75 Å². The van der Waals surface area contributed by atoms with Crippen molar-refractivity contribution in [3.63, 3.8) is 0 Å². The Balaban J connectivity index is 2.39. The molecule has 0 radical (unpaired) electrons. The average Bonchev–Trinajstić information content (AvgIpc) is 2.48. The third kappa shape index (κ3) is 2.33. The van der Waals surface area contributed by atoms with Crippen LogP contribution < -0.4 is 5.46 Å². The van der Waals surface area contributed by atoms with Gasteiger partial charge >= 0.3 is 13.1 Å². The van der Waals surface area contributed by atoms with E-state index in [0.717, 1.165) is 0 Å². The Morgan fingerprint density at radius 2 is 1.68 bits per heavy atom. The van der Waals surface area contributed by atoms with E-state index in [9.17, 15) is 9.90 Å². The molecule has 1 aliphatic heterocycles. The molecule has 6 heteroatoms. The van der Waals surface area contributed by atoms with Gasteiger partial charge in [0.05, 0.1) is 16.8 Å². The number of benzene rings is 1. The maximum absolute atomic E-state index is 11.0. The Bertz CT molecular complexity index is 508. The lowest BCUT2D eigenvalue weighted by atomic mass is 9.77. The summed E-state index contributed by atoms with van der Waals surface area (Å²) < 4.78 is 11.6. The first-order valence-corrected chi connectivity index (χ1v) is 6.06. The van der Waals surface area contributed by atoms with Gasteiger partial charge < -0.3 is 19.5 Å². The molecular formula is C13H17BO5. The largest absolute Gasteiger partial charge is 0.508 e. The number of aromatic carboxylic acids is 1. The maximum Gasteiger partial charge on any atom is 0.498 e. The summed E-state index contributed by atoms with van der Waals surface area (Å²) in [5.74, 6) is -1.10.